The lowest BCUT2D eigenvalue weighted by atomic mass is 9.90. The molecule has 0 fully saturated rings. The average Bonchev–Trinajstić information content (AvgIpc) is 2.66. The molecule has 1 atom stereocenters. The number of hydrogen-bond acceptors (Lipinski definition) is 2. The molecular formula is C22H27NO3. The van der Waals surface area contributed by atoms with Gasteiger partial charge in [-0.25, -0.2) is 4.79 Å². The summed E-state index contributed by atoms with van der Waals surface area (Å²) in [7, 11) is 0. The van der Waals surface area contributed by atoms with E-state index in [1.54, 1.807) is 0 Å². The first-order valence-corrected chi connectivity index (χ1v) is 9.26. The normalized spacial score (nSPS) is 11.9. The molecule has 0 saturated heterocycles. The smallest absolute Gasteiger partial charge is 0.326 e. The van der Waals surface area contributed by atoms with E-state index in [1.807, 2.05) is 60.7 Å². The van der Waals surface area contributed by atoms with Crippen molar-refractivity contribution < 1.29 is 14.7 Å². The highest BCUT2D eigenvalue weighted by atomic mass is 16.4. The molecule has 2 aromatic carbocycles. The van der Waals surface area contributed by atoms with Crippen molar-refractivity contribution in [2.24, 2.45) is 0 Å². The molecule has 138 valence electrons. The molecule has 4 nitrogen and oxygen atoms in total. The van der Waals surface area contributed by atoms with Gasteiger partial charge < -0.3 is 10.4 Å². The molecule has 0 aromatic heterocycles. The highest BCUT2D eigenvalue weighted by Crippen LogP contribution is 2.25. The number of carboxylic acids is 1. The fourth-order valence-corrected chi connectivity index (χ4v) is 3.07. The Labute approximate surface area is 155 Å². The largest absolute Gasteiger partial charge is 0.480 e. The molecule has 0 radical (unpaired) electrons. The average molecular weight is 353 g/mol. The van der Waals surface area contributed by atoms with E-state index in [4.69, 9.17) is 0 Å². The Kier molecular flexibility index (Phi) is 7.87. The van der Waals surface area contributed by atoms with Crippen LogP contribution in [-0.4, -0.2) is 23.0 Å². The molecule has 2 aromatic rings. The molecule has 1 amide bonds. The molecule has 0 aliphatic heterocycles. The minimum atomic E-state index is -0.977. The van der Waals surface area contributed by atoms with Gasteiger partial charge in [0.15, 0.2) is 0 Å². The standard InChI is InChI=1S/C22H27NO3/c1-2-3-4-11-16-19(22(25)26)23-21(24)20(17-12-7-5-8-13-17)18-14-9-6-10-15-18/h5-10,12-15,19-20H,2-4,11,16H2,1H3,(H,23,24)(H,25,26)/t19-/m0/s1. The van der Waals surface area contributed by atoms with Gasteiger partial charge in [0.05, 0.1) is 5.92 Å². The second-order valence-electron chi connectivity index (χ2n) is 6.50. The molecule has 0 aliphatic rings. The van der Waals surface area contributed by atoms with Gasteiger partial charge in [-0.3, -0.25) is 4.79 Å². The fourth-order valence-electron chi connectivity index (χ4n) is 3.07. The number of amides is 1. The van der Waals surface area contributed by atoms with Gasteiger partial charge in [0.2, 0.25) is 5.91 Å². The number of aliphatic carboxylic acids is 1. The van der Waals surface area contributed by atoms with E-state index in [0.717, 1.165) is 36.8 Å². The van der Waals surface area contributed by atoms with Crippen LogP contribution < -0.4 is 5.32 Å². The van der Waals surface area contributed by atoms with E-state index in [0.29, 0.717) is 6.42 Å². The van der Waals surface area contributed by atoms with Gasteiger partial charge in [0.25, 0.3) is 0 Å². The van der Waals surface area contributed by atoms with Crippen LogP contribution >= 0.6 is 0 Å². The molecule has 0 bridgehead atoms. The molecule has 0 spiro atoms. The summed E-state index contributed by atoms with van der Waals surface area (Å²) in [6.45, 7) is 2.11. The summed E-state index contributed by atoms with van der Waals surface area (Å²) in [4.78, 5) is 24.6. The minimum absolute atomic E-state index is 0.273. The van der Waals surface area contributed by atoms with Crippen molar-refractivity contribution in [1.82, 2.24) is 5.32 Å². The van der Waals surface area contributed by atoms with Crippen LogP contribution in [0.5, 0.6) is 0 Å². The van der Waals surface area contributed by atoms with Crippen molar-refractivity contribution in [2.45, 2.75) is 51.0 Å². The van der Waals surface area contributed by atoms with E-state index >= 15 is 0 Å². The SMILES string of the molecule is CCCCCC[C@H](NC(=O)C(c1ccccc1)c1ccccc1)C(=O)O. The van der Waals surface area contributed by atoms with Gasteiger partial charge in [0, 0.05) is 0 Å². The van der Waals surface area contributed by atoms with Crippen LogP contribution in [0.4, 0.5) is 0 Å². The van der Waals surface area contributed by atoms with Gasteiger partial charge in [-0.2, -0.15) is 0 Å². The lowest BCUT2D eigenvalue weighted by Crippen LogP contribution is -2.43. The van der Waals surface area contributed by atoms with Gasteiger partial charge in [-0.1, -0.05) is 93.3 Å². The highest BCUT2D eigenvalue weighted by Gasteiger charge is 2.27. The van der Waals surface area contributed by atoms with E-state index < -0.39 is 17.9 Å². The zero-order valence-corrected chi connectivity index (χ0v) is 15.2. The maximum absolute atomic E-state index is 13.0. The van der Waals surface area contributed by atoms with Crippen LogP contribution in [0.1, 0.15) is 56.1 Å². The third-order valence-electron chi connectivity index (χ3n) is 4.49. The van der Waals surface area contributed by atoms with E-state index in [1.165, 1.54) is 0 Å². The number of nitrogens with one attached hydrogen (secondary N) is 1. The zero-order valence-electron chi connectivity index (χ0n) is 15.2. The summed E-state index contributed by atoms with van der Waals surface area (Å²) < 4.78 is 0. The van der Waals surface area contributed by atoms with Crippen molar-refractivity contribution in [3.05, 3.63) is 71.8 Å². The molecule has 0 aliphatic carbocycles. The molecule has 26 heavy (non-hydrogen) atoms. The summed E-state index contributed by atoms with van der Waals surface area (Å²) in [5.74, 6) is -1.77. The first-order valence-electron chi connectivity index (χ1n) is 9.26. The molecule has 0 heterocycles. The number of rotatable bonds is 10. The van der Waals surface area contributed by atoms with Crippen LogP contribution in [0.3, 0.4) is 0 Å². The number of carboxylic acid groups (broad SMARTS) is 1. The highest BCUT2D eigenvalue weighted by molar-refractivity contribution is 5.90. The number of unbranched alkanes of at least 4 members (excludes halogenated alkanes) is 3. The minimum Gasteiger partial charge on any atom is -0.480 e. The lowest BCUT2D eigenvalue weighted by molar-refractivity contribution is -0.142. The Hall–Kier alpha value is -2.62. The Morgan fingerprint density at radius 1 is 0.885 bits per heavy atom. The second kappa shape index (κ2) is 10.4. The monoisotopic (exact) mass is 353 g/mol. The first kappa shape index (κ1) is 19.7. The van der Waals surface area contributed by atoms with Crippen molar-refractivity contribution >= 4 is 11.9 Å². The fraction of sp³-hybridized carbons (Fsp3) is 0.364. The maximum atomic E-state index is 13.0. The first-order chi connectivity index (χ1) is 12.6. The zero-order chi connectivity index (χ0) is 18.8. The molecule has 2 rings (SSSR count). The third-order valence-corrected chi connectivity index (χ3v) is 4.49. The Morgan fingerprint density at radius 3 is 1.88 bits per heavy atom. The quantitative estimate of drug-likeness (QED) is 0.624. The third kappa shape index (κ3) is 5.73. The van der Waals surface area contributed by atoms with Crippen molar-refractivity contribution in [1.29, 1.82) is 0 Å². The predicted molar refractivity (Wildman–Crippen MR) is 103 cm³/mol. The predicted octanol–water partition coefficient (Wildman–Crippen LogP) is 4.36. The summed E-state index contributed by atoms with van der Waals surface area (Å²) in [5, 5.41) is 12.2. The molecule has 0 saturated carbocycles. The summed E-state index contributed by atoms with van der Waals surface area (Å²) in [6, 6.07) is 18.1. The summed E-state index contributed by atoms with van der Waals surface area (Å²) >= 11 is 0. The summed E-state index contributed by atoms with van der Waals surface area (Å²) in [6.07, 6.45) is 4.41. The van der Waals surface area contributed by atoms with Crippen molar-refractivity contribution in [3.8, 4) is 0 Å². The van der Waals surface area contributed by atoms with Crippen LogP contribution in [0.2, 0.25) is 0 Å². The van der Waals surface area contributed by atoms with Gasteiger partial charge in [-0.05, 0) is 17.5 Å². The maximum Gasteiger partial charge on any atom is 0.326 e. The molecular weight excluding hydrogens is 326 g/mol. The Balaban J connectivity index is 2.16. The van der Waals surface area contributed by atoms with E-state index in [2.05, 4.69) is 12.2 Å². The Morgan fingerprint density at radius 2 is 1.42 bits per heavy atom. The number of carbonyl (C=O) groups is 2. The Bertz CT molecular complexity index is 646. The van der Waals surface area contributed by atoms with Crippen LogP contribution in [0.25, 0.3) is 0 Å². The lowest BCUT2D eigenvalue weighted by Gasteiger charge is -2.21. The van der Waals surface area contributed by atoms with Gasteiger partial charge in [0.1, 0.15) is 6.04 Å². The summed E-state index contributed by atoms with van der Waals surface area (Å²) in [5.41, 5.74) is 1.71. The molecule has 4 heteroatoms. The van der Waals surface area contributed by atoms with E-state index in [9.17, 15) is 14.7 Å². The van der Waals surface area contributed by atoms with Crippen molar-refractivity contribution in [2.75, 3.05) is 0 Å². The van der Waals surface area contributed by atoms with Crippen molar-refractivity contribution in [3.63, 3.8) is 0 Å². The van der Waals surface area contributed by atoms with Crippen LogP contribution in [0, 0.1) is 0 Å². The van der Waals surface area contributed by atoms with Gasteiger partial charge >= 0.3 is 5.97 Å². The second-order valence-corrected chi connectivity index (χ2v) is 6.50. The molecule has 0 unspecified atom stereocenters. The van der Waals surface area contributed by atoms with E-state index in [-0.39, 0.29) is 5.91 Å². The number of hydrogen-bond donors (Lipinski definition) is 2. The topological polar surface area (TPSA) is 66.4 Å². The van der Waals surface area contributed by atoms with Crippen LogP contribution in [0.15, 0.2) is 60.7 Å². The van der Waals surface area contributed by atoms with Gasteiger partial charge in [-0.15, -0.1) is 0 Å². The number of benzene rings is 2. The number of carbonyl (C=O) groups excluding carboxylic acids is 1. The van der Waals surface area contributed by atoms with Crippen LogP contribution in [-0.2, 0) is 9.59 Å². The molecule has 2 N–H and O–H groups in total.